The number of ether oxygens (including phenoxy) is 2. The van der Waals surface area contributed by atoms with E-state index in [0.29, 0.717) is 11.1 Å². The van der Waals surface area contributed by atoms with Gasteiger partial charge >= 0.3 is 18.4 Å². The van der Waals surface area contributed by atoms with Crippen LogP contribution in [0.2, 0.25) is 0 Å². The lowest BCUT2D eigenvalue weighted by Gasteiger charge is -2.31. The molecule has 0 saturated carbocycles. The molecule has 0 bridgehead atoms. The SMILES string of the molecule is CC(C)N(C(=O)OC(C)(C)C)c1ncc(C(F)(F)F)c(N(Cc2nccnc2N(C)S(C)(=O)=O)C(=O)OC(C)(C)C)n1. The molecular formula is C25H36F3N7O6S. The number of hydrogen-bond donors (Lipinski definition) is 0. The van der Waals surface area contributed by atoms with Crippen molar-refractivity contribution in [2.24, 2.45) is 0 Å². The van der Waals surface area contributed by atoms with Crippen LogP contribution in [0.25, 0.3) is 0 Å². The first-order valence-electron chi connectivity index (χ1n) is 12.6. The van der Waals surface area contributed by atoms with Crippen molar-refractivity contribution in [1.29, 1.82) is 0 Å². The first kappa shape index (κ1) is 34.4. The largest absolute Gasteiger partial charge is 0.443 e. The lowest BCUT2D eigenvalue weighted by atomic mass is 10.2. The number of aromatic nitrogens is 4. The molecular weight excluding hydrogens is 583 g/mol. The highest BCUT2D eigenvalue weighted by Crippen LogP contribution is 2.38. The predicted molar refractivity (Wildman–Crippen MR) is 149 cm³/mol. The molecule has 0 aliphatic carbocycles. The summed E-state index contributed by atoms with van der Waals surface area (Å²) in [7, 11) is -2.71. The molecule has 2 aromatic rings. The lowest BCUT2D eigenvalue weighted by molar-refractivity contribution is -0.137. The zero-order valence-corrected chi connectivity index (χ0v) is 26.0. The highest BCUT2D eigenvalue weighted by molar-refractivity contribution is 7.92. The van der Waals surface area contributed by atoms with E-state index < -0.39 is 69.5 Å². The molecule has 42 heavy (non-hydrogen) atoms. The van der Waals surface area contributed by atoms with Gasteiger partial charge in [-0.15, -0.1) is 0 Å². The smallest absolute Gasteiger partial charge is 0.421 e. The molecule has 0 fully saturated rings. The summed E-state index contributed by atoms with van der Waals surface area (Å²) in [4.78, 5) is 43.8. The third kappa shape index (κ3) is 9.12. The molecule has 0 N–H and O–H groups in total. The maximum atomic E-state index is 14.3. The highest BCUT2D eigenvalue weighted by atomic mass is 32.2. The second-order valence-corrected chi connectivity index (χ2v) is 13.5. The second kappa shape index (κ2) is 12.2. The van der Waals surface area contributed by atoms with Gasteiger partial charge in [-0.2, -0.15) is 18.2 Å². The van der Waals surface area contributed by atoms with Crippen molar-refractivity contribution >= 4 is 39.8 Å². The highest BCUT2D eigenvalue weighted by Gasteiger charge is 2.41. The van der Waals surface area contributed by atoms with Gasteiger partial charge in [-0.25, -0.2) is 32.9 Å². The number of carbonyl (C=O) groups excluding carboxylic acids is 2. The normalized spacial score (nSPS) is 12.6. The Morgan fingerprint density at radius 1 is 0.905 bits per heavy atom. The first-order chi connectivity index (χ1) is 18.9. The number of anilines is 3. The fraction of sp³-hybridized carbons (Fsp3) is 0.600. The van der Waals surface area contributed by atoms with Crippen molar-refractivity contribution in [1.82, 2.24) is 19.9 Å². The summed E-state index contributed by atoms with van der Waals surface area (Å²) in [6.45, 7) is 11.8. The Morgan fingerprint density at radius 3 is 1.90 bits per heavy atom. The number of amides is 2. The molecule has 13 nitrogen and oxygen atoms in total. The molecule has 0 aliphatic rings. The number of sulfonamides is 1. The van der Waals surface area contributed by atoms with Crippen LogP contribution in [-0.4, -0.2) is 71.1 Å². The molecule has 2 amide bonds. The minimum atomic E-state index is -5.06. The lowest BCUT2D eigenvalue weighted by Crippen LogP contribution is -2.43. The Morgan fingerprint density at radius 2 is 1.43 bits per heavy atom. The van der Waals surface area contributed by atoms with E-state index >= 15 is 0 Å². The van der Waals surface area contributed by atoms with Crippen LogP contribution in [0.15, 0.2) is 18.6 Å². The Balaban J connectivity index is 2.86. The molecule has 234 valence electrons. The summed E-state index contributed by atoms with van der Waals surface area (Å²) >= 11 is 0. The summed E-state index contributed by atoms with van der Waals surface area (Å²) < 4.78 is 78.9. The van der Waals surface area contributed by atoms with Crippen LogP contribution in [0, 0.1) is 0 Å². The van der Waals surface area contributed by atoms with Gasteiger partial charge in [0.25, 0.3) is 0 Å². The molecule has 0 aromatic carbocycles. The molecule has 0 radical (unpaired) electrons. The van der Waals surface area contributed by atoms with Crippen molar-refractivity contribution in [2.75, 3.05) is 27.4 Å². The Hall–Kier alpha value is -3.76. The van der Waals surface area contributed by atoms with Crippen molar-refractivity contribution in [3.63, 3.8) is 0 Å². The Labute approximate surface area is 243 Å². The molecule has 0 aliphatic heterocycles. The zero-order chi connectivity index (χ0) is 32.4. The number of rotatable bonds is 7. The number of alkyl halides is 3. The number of nitrogens with zero attached hydrogens (tertiary/aromatic N) is 7. The van der Waals surface area contributed by atoms with E-state index in [1.54, 1.807) is 34.6 Å². The predicted octanol–water partition coefficient (Wildman–Crippen LogP) is 4.77. The van der Waals surface area contributed by atoms with Gasteiger partial charge in [0.05, 0.1) is 12.8 Å². The second-order valence-electron chi connectivity index (χ2n) is 11.5. The van der Waals surface area contributed by atoms with Gasteiger partial charge in [-0.1, -0.05) is 0 Å². The molecule has 0 atom stereocenters. The van der Waals surface area contributed by atoms with Gasteiger partial charge in [-0.05, 0) is 55.4 Å². The average Bonchev–Trinajstić information content (AvgIpc) is 2.78. The van der Waals surface area contributed by atoms with E-state index in [4.69, 9.17) is 9.47 Å². The van der Waals surface area contributed by atoms with E-state index in [1.165, 1.54) is 40.2 Å². The molecule has 2 rings (SSSR count). The van der Waals surface area contributed by atoms with Crippen LogP contribution in [0.4, 0.5) is 40.3 Å². The summed E-state index contributed by atoms with van der Waals surface area (Å²) in [5.41, 5.74) is -3.71. The van der Waals surface area contributed by atoms with E-state index in [0.717, 1.165) is 15.5 Å². The van der Waals surface area contributed by atoms with Gasteiger partial charge < -0.3 is 9.47 Å². The van der Waals surface area contributed by atoms with Gasteiger partial charge in [-0.3, -0.25) is 14.2 Å². The first-order valence-corrected chi connectivity index (χ1v) is 14.5. The minimum absolute atomic E-state index is 0.183. The average molecular weight is 620 g/mol. The fourth-order valence-corrected chi connectivity index (χ4v) is 3.77. The third-order valence-electron chi connectivity index (χ3n) is 5.11. The maximum absolute atomic E-state index is 14.3. The molecule has 2 heterocycles. The maximum Gasteiger partial charge on any atom is 0.421 e. The number of carbonyl (C=O) groups is 2. The molecule has 0 unspecified atom stereocenters. The van der Waals surface area contributed by atoms with Crippen LogP contribution in [-0.2, 0) is 32.2 Å². The van der Waals surface area contributed by atoms with Crippen LogP contribution in [0.5, 0.6) is 0 Å². The van der Waals surface area contributed by atoms with Crippen LogP contribution in [0.3, 0.4) is 0 Å². The van der Waals surface area contributed by atoms with Crippen molar-refractivity contribution < 1.29 is 40.7 Å². The zero-order valence-electron chi connectivity index (χ0n) is 25.1. The Kier molecular flexibility index (Phi) is 10.0. The van der Waals surface area contributed by atoms with Gasteiger partial charge in [0.2, 0.25) is 16.0 Å². The van der Waals surface area contributed by atoms with Gasteiger partial charge in [0.15, 0.2) is 11.6 Å². The fourth-order valence-electron chi connectivity index (χ4n) is 3.30. The number of hydrogen-bond acceptors (Lipinski definition) is 10. The molecule has 0 saturated heterocycles. The van der Waals surface area contributed by atoms with E-state index in [-0.39, 0.29) is 11.5 Å². The topological polar surface area (TPSA) is 148 Å². The number of halogens is 3. The summed E-state index contributed by atoms with van der Waals surface area (Å²) in [6, 6.07) is -0.672. The quantitative estimate of drug-likeness (QED) is 0.424. The van der Waals surface area contributed by atoms with Gasteiger partial charge in [0, 0.05) is 31.7 Å². The van der Waals surface area contributed by atoms with E-state index in [1.807, 2.05) is 0 Å². The van der Waals surface area contributed by atoms with Crippen molar-refractivity contribution in [2.45, 2.75) is 85.4 Å². The summed E-state index contributed by atoms with van der Waals surface area (Å²) in [5, 5.41) is 0. The minimum Gasteiger partial charge on any atom is -0.443 e. The van der Waals surface area contributed by atoms with Crippen LogP contribution >= 0.6 is 0 Å². The van der Waals surface area contributed by atoms with Crippen LogP contribution < -0.4 is 14.1 Å². The Bertz CT molecular complexity index is 1410. The van der Waals surface area contributed by atoms with Crippen molar-refractivity contribution in [3.8, 4) is 0 Å². The summed E-state index contributed by atoms with van der Waals surface area (Å²) in [6.07, 6.45) is -3.55. The summed E-state index contributed by atoms with van der Waals surface area (Å²) in [5.74, 6) is -1.69. The van der Waals surface area contributed by atoms with Crippen LogP contribution in [0.1, 0.15) is 66.6 Å². The van der Waals surface area contributed by atoms with Crippen molar-refractivity contribution in [3.05, 3.63) is 29.8 Å². The molecule has 0 spiro atoms. The standard InChI is InChI=1S/C25H36F3N7O6S/c1-15(2)35(22(37)41-24(6,7)8)20-31-13-16(25(26,27)28)18(32-20)34(21(36)40-23(3,4)5)14-17-19(30-12-11-29-17)33(9)42(10,38)39/h11-13,15H,14H2,1-10H3. The van der Waals surface area contributed by atoms with Gasteiger partial charge in [0.1, 0.15) is 22.5 Å². The third-order valence-corrected chi connectivity index (χ3v) is 6.28. The molecule has 2 aromatic heterocycles. The van der Waals surface area contributed by atoms with E-state index in [2.05, 4.69) is 19.9 Å². The van der Waals surface area contributed by atoms with E-state index in [9.17, 15) is 31.2 Å². The molecule has 17 heteroatoms. The monoisotopic (exact) mass is 619 g/mol.